The van der Waals surface area contributed by atoms with Crippen LogP contribution in [0.1, 0.15) is 45.1 Å². The highest BCUT2D eigenvalue weighted by molar-refractivity contribution is 5.73. The lowest BCUT2D eigenvalue weighted by Gasteiger charge is -2.18. The van der Waals surface area contributed by atoms with E-state index in [4.69, 9.17) is 10.2 Å². The van der Waals surface area contributed by atoms with Gasteiger partial charge in [-0.3, -0.25) is 0 Å². The van der Waals surface area contributed by atoms with Crippen LogP contribution < -0.4 is 5.73 Å². The Balaban J connectivity index is 2.23. The molecule has 2 N–H and O–H groups in total. The minimum atomic E-state index is 0.146. The SMILES string of the molecule is CC(C)(C)c1ccc2oc(CCCCN)nc2c1. The first-order valence-electron chi connectivity index (χ1n) is 6.61. The van der Waals surface area contributed by atoms with Gasteiger partial charge in [0, 0.05) is 6.42 Å². The molecule has 0 saturated heterocycles. The van der Waals surface area contributed by atoms with Gasteiger partial charge in [-0.25, -0.2) is 4.98 Å². The van der Waals surface area contributed by atoms with Gasteiger partial charge in [-0.05, 0) is 42.5 Å². The molecule has 0 aliphatic heterocycles. The summed E-state index contributed by atoms with van der Waals surface area (Å²) in [6, 6.07) is 6.28. The molecule has 0 radical (unpaired) electrons. The van der Waals surface area contributed by atoms with Gasteiger partial charge in [-0.15, -0.1) is 0 Å². The van der Waals surface area contributed by atoms with E-state index in [1.165, 1.54) is 5.56 Å². The number of hydrogen-bond donors (Lipinski definition) is 1. The second-order valence-corrected chi connectivity index (χ2v) is 5.79. The summed E-state index contributed by atoms with van der Waals surface area (Å²) >= 11 is 0. The fraction of sp³-hybridized carbons (Fsp3) is 0.533. The Morgan fingerprint density at radius 3 is 2.67 bits per heavy atom. The van der Waals surface area contributed by atoms with E-state index in [0.29, 0.717) is 0 Å². The molecule has 0 atom stereocenters. The molecule has 0 unspecified atom stereocenters. The number of aromatic nitrogens is 1. The first-order valence-corrected chi connectivity index (χ1v) is 6.61. The average Bonchev–Trinajstić information content (AvgIpc) is 2.69. The van der Waals surface area contributed by atoms with Crippen molar-refractivity contribution in [3.8, 4) is 0 Å². The standard InChI is InChI=1S/C15H22N2O/c1-15(2,3)11-7-8-13-12(10-11)17-14(18-13)6-4-5-9-16/h7-8,10H,4-6,9,16H2,1-3H3. The Labute approximate surface area is 108 Å². The van der Waals surface area contributed by atoms with Gasteiger partial charge in [0.15, 0.2) is 11.5 Å². The number of unbranched alkanes of at least 4 members (excludes halogenated alkanes) is 1. The third kappa shape index (κ3) is 2.91. The summed E-state index contributed by atoms with van der Waals surface area (Å²) in [6.45, 7) is 7.34. The maximum Gasteiger partial charge on any atom is 0.195 e. The Morgan fingerprint density at radius 1 is 1.22 bits per heavy atom. The molecule has 0 spiro atoms. The van der Waals surface area contributed by atoms with Gasteiger partial charge in [0.1, 0.15) is 5.52 Å². The van der Waals surface area contributed by atoms with Crippen molar-refractivity contribution in [3.63, 3.8) is 0 Å². The molecule has 2 aromatic rings. The lowest BCUT2D eigenvalue weighted by Crippen LogP contribution is -2.10. The second-order valence-electron chi connectivity index (χ2n) is 5.79. The highest BCUT2D eigenvalue weighted by atomic mass is 16.3. The largest absolute Gasteiger partial charge is 0.441 e. The molecular formula is C15H22N2O. The van der Waals surface area contributed by atoms with Crippen LogP contribution in [0.2, 0.25) is 0 Å². The zero-order chi connectivity index (χ0) is 13.2. The maximum absolute atomic E-state index is 5.73. The van der Waals surface area contributed by atoms with Gasteiger partial charge in [0.25, 0.3) is 0 Å². The number of hydrogen-bond acceptors (Lipinski definition) is 3. The van der Waals surface area contributed by atoms with Crippen molar-refractivity contribution in [3.05, 3.63) is 29.7 Å². The predicted octanol–water partition coefficient (Wildman–Crippen LogP) is 3.41. The number of fused-ring (bicyclic) bond motifs is 1. The Hall–Kier alpha value is -1.35. The van der Waals surface area contributed by atoms with E-state index < -0.39 is 0 Å². The molecule has 0 fully saturated rings. The normalized spacial score (nSPS) is 12.2. The molecule has 3 heteroatoms. The highest BCUT2D eigenvalue weighted by Gasteiger charge is 2.15. The minimum absolute atomic E-state index is 0.146. The predicted molar refractivity (Wildman–Crippen MR) is 74.7 cm³/mol. The number of nitrogens with zero attached hydrogens (tertiary/aromatic N) is 1. The molecule has 1 heterocycles. The molecule has 0 saturated carbocycles. The molecule has 2 rings (SSSR count). The lowest BCUT2D eigenvalue weighted by molar-refractivity contribution is 0.515. The third-order valence-corrected chi connectivity index (χ3v) is 3.14. The number of aryl methyl sites for hydroxylation is 1. The third-order valence-electron chi connectivity index (χ3n) is 3.14. The van der Waals surface area contributed by atoms with Crippen molar-refractivity contribution in [2.45, 2.75) is 45.4 Å². The number of oxazole rings is 1. The Morgan fingerprint density at radius 2 is 2.00 bits per heavy atom. The molecule has 0 bridgehead atoms. The maximum atomic E-state index is 5.73. The van der Waals surface area contributed by atoms with Gasteiger partial charge >= 0.3 is 0 Å². The van der Waals surface area contributed by atoms with Crippen molar-refractivity contribution in [2.75, 3.05) is 6.54 Å². The van der Waals surface area contributed by atoms with Crippen LogP contribution in [0.15, 0.2) is 22.6 Å². The van der Waals surface area contributed by atoms with Gasteiger partial charge in [0.2, 0.25) is 0 Å². The van der Waals surface area contributed by atoms with Crippen molar-refractivity contribution < 1.29 is 4.42 Å². The van der Waals surface area contributed by atoms with Crippen LogP contribution in [0.25, 0.3) is 11.1 Å². The number of rotatable bonds is 4. The zero-order valence-corrected chi connectivity index (χ0v) is 11.5. The fourth-order valence-electron chi connectivity index (χ4n) is 1.97. The summed E-state index contributed by atoms with van der Waals surface area (Å²) in [5.41, 5.74) is 8.76. The van der Waals surface area contributed by atoms with E-state index in [9.17, 15) is 0 Å². The summed E-state index contributed by atoms with van der Waals surface area (Å²) < 4.78 is 5.73. The van der Waals surface area contributed by atoms with E-state index in [2.05, 4.69) is 37.9 Å². The smallest absolute Gasteiger partial charge is 0.195 e. The van der Waals surface area contributed by atoms with Crippen LogP contribution >= 0.6 is 0 Å². The summed E-state index contributed by atoms with van der Waals surface area (Å²) in [5, 5.41) is 0. The van der Waals surface area contributed by atoms with Crippen molar-refractivity contribution in [1.29, 1.82) is 0 Å². The molecule has 1 aromatic carbocycles. The number of benzene rings is 1. The van der Waals surface area contributed by atoms with Gasteiger partial charge in [0.05, 0.1) is 0 Å². The second kappa shape index (κ2) is 5.11. The summed E-state index contributed by atoms with van der Waals surface area (Å²) in [7, 11) is 0. The molecule has 1 aromatic heterocycles. The van der Waals surface area contributed by atoms with Gasteiger partial charge < -0.3 is 10.2 Å². The highest BCUT2D eigenvalue weighted by Crippen LogP contribution is 2.26. The van der Waals surface area contributed by atoms with Crippen molar-refractivity contribution in [2.24, 2.45) is 5.73 Å². The Kier molecular flexibility index (Phi) is 3.71. The molecule has 0 amide bonds. The van der Waals surface area contributed by atoms with Crippen LogP contribution in [-0.4, -0.2) is 11.5 Å². The van der Waals surface area contributed by atoms with E-state index >= 15 is 0 Å². The van der Waals surface area contributed by atoms with Crippen LogP contribution in [0, 0.1) is 0 Å². The Bertz CT molecular complexity index is 523. The van der Waals surface area contributed by atoms with Crippen molar-refractivity contribution >= 4 is 11.1 Å². The molecular weight excluding hydrogens is 224 g/mol. The summed E-state index contributed by atoms with van der Waals surface area (Å²) in [5.74, 6) is 0.824. The van der Waals surface area contributed by atoms with Crippen LogP contribution in [0.5, 0.6) is 0 Å². The van der Waals surface area contributed by atoms with Crippen LogP contribution in [0.4, 0.5) is 0 Å². The van der Waals surface area contributed by atoms with E-state index in [1.807, 2.05) is 6.07 Å². The van der Waals surface area contributed by atoms with Gasteiger partial charge in [-0.2, -0.15) is 0 Å². The molecule has 0 aliphatic rings. The minimum Gasteiger partial charge on any atom is -0.441 e. The first-order chi connectivity index (χ1) is 8.50. The van der Waals surface area contributed by atoms with E-state index in [1.54, 1.807) is 0 Å². The van der Waals surface area contributed by atoms with Gasteiger partial charge in [-0.1, -0.05) is 26.8 Å². The molecule has 0 aliphatic carbocycles. The van der Waals surface area contributed by atoms with E-state index in [-0.39, 0.29) is 5.41 Å². The zero-order valence-electron chi connectivity index (χ0n) is 11.5. The van der Waals surface area contributed by atoms with Crippen LogP contribution in [0.3, 0.4) is 0 Å². The number of nitrogens with two attached hydrogens (primary N) is 1. The summed E-state index contributed by atoms with van der Waals surface area (Å²) in [4.78, 5) is 4.55. The average molecular weight is 246 g/mol. The molecule has 3 nitrogen and oxygen atoms in total. The monoisotopic (exact) mass is 246 g/mol. The fourth-order valence-corrected chi connectivity index (χ4v) is 1.97. The lowest BCUT2D eigenvalue weighted by atomic mass is 9.87. The molecule has 98 valence electrons. The van der Waals surface area contributed by atoms with E-state index in [0.717, 1.165) is 42.8 Å². The topological polar surface area (TPSA) is 52.0 Å². The van der Waals surface area contributed by atoms with Crippen molar-refractivity contribution in [1.82, 2.24) is 4.98 Å². The first kappa shape index (κ1) is 13.1. The molecule has 18 heavy (non-hydrogen) atoms. The summed E-state index contributed by atoms with van der Waals surface area (Å²) in [6.07, 6.45) is 2.93. The van der Waals surface area contributed by atoms with Crippen LogP contribution in [-0.2, 0) is 11.8 Å². The quantitative estimate of drug-likeness (QED) is 0.841.